The molecule has 1 atom stereocenters. The molecule has 0 aliphatic rings. The van der Waals surface area contributed by atoms with Crippen LogP contribution in [0.15, 0.2) is 24.3 Å². The van der Waals surface area contributed by atoms with Gasteiger partial charge in [0.15, 0.2) is 0 Å². The lowest BCUT2D eigenvalue weighted by atomic mass is 10.2. The highest BCUT2D eigenvalue weighted by Crippen LogP contribution is 2.10. The van der Waals surface area contributed by atoms with Crippen LogP contribution in [0.3, 0.4) is 0 Å². The zero-order valence-electron chi connectivity index (χ0n) is 8.44. The van der Waals surface area contributed by atoms with Gasteiger partial charge in [-0.2, -0.15) is 0 Å². The number of halogens is 1. The van der Waals surface area contributed by atoms with Crippen molar-refractivity contribution in [1.29, 1.82) is 0 Å². The lowest BCUT2D eigenvalue weighted by Crippen LogP contribution is -2.12. The van der Waals surface area contributed by atoms with Crippen LogP contribution in [0.2, 0.25) is 5.02 Å². The highest BCUT2D eigenvalue weighted by molar-refractivity contribution is 6.30. The van der Waals surface area contributed by atoms with E-state index in [1.807, 2.05) is 0 Å². The van der Waals surface area contributed by atoms with Gasteiger partial charge in [-0.15, -0.1) is 0 Å². The van der Waals surface area contributed by atoms with Crippen molar-refractivity contribution in [2.24, 2.45) is 0 Å². The van der Waals surface area contributed by atoms with E-state index in [2.05, 4.69) is 0 Å². The van der Waals surface area contributed by atoms with E-state index in [4.69, 9.17) is 21.4 Å². The van der Waals surface area contributed by atoms with Gasteiger partial charge in [-0.3, -0.25) is 4.79 Å². The van der Waals surface area contributed by atoms with E-state index in [1.54, 1.807) is 31.2 Å². The number of rotatable bonds is 4. The number of benzene rings is 1. The number of carbonyl (C=O) groups is 1. The molecule has 0 radical (unpaired) electrons. The van der Waals surface area contributed by atoms with Crippen LogP contribution in [0.5, 0.6) is 0 Å². The summed E-state index contributed by atoms with van der Waals surface area (Å²) in [5.41, 5.74) is 0.873. The van der Waals surface area contributed by atoms with Crippen LogP contribution in [0, 0.1) is 0 Å². The Morgan fingerprint density at radius 2 is 2.07 bits per heavy atom. The van der Waals surface area contributed by atoms with Gasteiger partial charge in [-0.05, 0) is 24.6 Å². The number of aliphatic hydroxyl groups excluding tert-OH is 1. The average molecular weight is 229 g/mol. The fourth-order valence-corrected chi connectivity index (χ4v) is 1.17. The standard InChI is InChI=1S/C11H13ClO3/c1-8(13)6-11(14)15-7-9-2-4-10(12)5-3-9/h2-5,8,13H,6-7H2,1H3. The molecule has 82 valence electrons. The Balaban J connectivity index is 2.37. The number of esters is 1. The van der Waals surface area contributed by atoms with Gasteiger partial charge in [0, 0.05) is 5.02 Å². The first-order valence-electron chi connectivity index (χ1n) is 4.66. The molecule has 0 spiro atoms. The summed E-state index contributed by atoms with van der Waals surface area (Å²) in [6.07, 6.45) is -0.643. The Bertz CT molecular complexity index is 319. The smallest absolute Gasteiger partial charge is 0.308 e. The summed E-state index contributed by atoms with van der Waals surface area (Å²) in [5.74, 6) is -0.403. The van der Waals surface area contributed by atoms with Crippen molar-refractivity contribution < 1.29 is 14.6 Å². The van der Waals surface area contributed by atoms with Crippen LogP contribution < -0.4 is 0 Å². The second-order valence-corrected chi connectivity index (χ2v) is 3.78. The summed E-state index contributed by atoms with van der Waals surface area (Å²) in [5, 5.41) is 9.59. The maximum Gasteiger partial charge on any atom is 0.308 e. The van der Waals surface area contributed by atoms with E-state index in [0.717, 1.165) is 5.56 Å². The number of carbonyl (C=O) groups excluding carboxylic acids is 1. The van der Waals surface area contributed by atoms with Crippen molar-refractivity contribution in [2.45, 2.75) is 26.1 Å². The molecule has 0 aliphatic carbocycles. The number of aliphatic hydroxyl groups is 1. The Morgan fingerprint density at radius 1 is 1.47 bits per heavy atom. The molecule has 0 saturated heterocycles. The number of hydrogen-bond acceptors (Lipinski definition) is 3. The molecule has 0 bridgehead atoms. The van der Waals surface area contributed by atoms with Crippen LogP contribution >= 0.6 is 11.6 Å². The summed E-state index contributed by atoms with van der Waals surface area (Å²) in [4.78, 5) is 11.1. The summed E-state index contributed by atoms with van der Waals surface area (Å²) >= 11 is 5.70. The van der Waals surface area contributed by atoms with Crippen molar-refractivity contribution >= 4 is 17.6 Å². The maximum absolute atomic E-state index is 11.1. The van der Waals surface area contributed by atoms with Gasteiger partial charge in [-0.1, -0.05) is 23.7 Å². The van der Waals surface area contributed by atoms with Gasteiger partial charge in [-0.25, -0.2) is 0 Å². The highest BCUT2D eigenvalue weighted by Gasteiger charge is 2.07. The predicted molar refractivity (Wildman–Crippen MR) is 57.5 cm³/mol. The van der Waals surface area contributed by atoms with Gasteiger partial charge < -0.3 is 9.84 Å². The third kappa shape index (κ3) is 4.81. The summed E-state index contributed by atoms with van der Waals surface area (Å²) in [7, 11) is 0. The minimum atomic E-state index is -0.664. The summed E-state index contributed by atoms with van der Waals surface area (Å²) < 4.78 is 4.94. The lowest BCUT2D eigenvalue weighted by molar-refractivity contribution is -0.146. The van der Waals surface area contributed by atoms with E-state index < -0.39 is 12.1 Å². The fourth-order valence-electron chi connectivity index (χ4n) is 1.04. The van der Waals surface area contributed by atoms with Gasteiger partial charge in [0.2, 0.25) is 0 Å². The molecule has 15 heavy (non-hydrogen) atoms. The summed E-state index contributed by atoms with van der Waals surface area (Å²) in [6.45, 7) is 1.76. The summed E-state index contributed by atoms with van der Waals surface area (Å²) in [6, 6.07) is 7.05. The van der Waals surface area contributed by atoms with Gasteiger partial charge in [0.25, 0.3) is 0 Å². The van der Waals surface area contributed by atoms with Crippen molar-refractivity contribution in [3.63, 3.8) is 0 Å². The van der Waals surface area contributed by atoms with Crippen LogP contribution in [0.4, 0.5) is 0 Å². The van der Waals surface area contributed by atoms with Crippen LogP contribution in [0.25, 0.3) is 0 Å². The van der Waals surface area contributed by atoms with Gasteiger partial charge >= 0.3 is 5.97 Å². The van der Waals surface area contributed by atoms with Gasteiger partial charge in [0.05, 0.1) is 12.5 Å². The Labute approximate surface area is 93.6 Å². The molecular formula is C11H13ClO3. The monoisotopic (exact) mass is 228 g/mol. The number of hydrogen-bond donors (Lipinski definition) is 1. The molecule has 0 fully saturated rings. The zero-order chi connectivity index (χ0) is 11.3. The predicted octanol–water partition coefficient (Wildman–Crippen LogP) is 2.15. The van der Waals surface area contributed by atoms with Crippen molar-refractivity contribution in [1.82, 2.24) is 0 Å². The van der Waals surface area contributed by atoms with E-state index >= 15 is 0 Å². The molecule has 0 saturated carbocycles. The largest absolute Gasteiger partial charge is 0.461 e. The minimum Gasteiger partial charge on any atom is -0.461 e. The van der Waals surface area contributed by atoms with E-state index in [-0.39, 0.29) is 13.0 Å². The maximum atomic E-state index is 11.1. The lowest BCUT2D eigenvalue weighted by Gasteiger charge is -2.06. The molecule has 0 heterocycles. The quantitative estimate of drug-likeness (QED) is 0.804. The van der Waals surface area contributed by atoms with Crippen molar-refractivity contribution in [2.75, 3.05) is 0 Å². The molecule has 1 rings (SSSR count). The van der Waals surface area contributed by atoms with Crippen LogP contribution in [0.1, 0.15) is 18.9 Å². The van der Waals surface area contributed by atoms with Crippen LogP contribution in [-0.2, 0) is 16.1 Å². The first-order chi connectivity index (χ1) is 7.08. The third-order valence-corrected chi connectivity index (χ3v) is 2.03. The SMILES string of the molecule is CC(O)CC(=O)OCc1ccc(Cl)cc1. The zero-order valence-corrected chi connectivity index (χ0v) is 9.20. The first-order valence-corrected chi connectivity index (χ1v) is 5.04. The van der Waals surface area contributed by atoms with Crippen molar-refractivity contribution in [3.05, 3.63) is 34.9 Å². The normalized spacial score (nSPS) is 12.2. The molecule has 1 aromatic rings. The Morgan fingerprint density at radius 3 is 2.60 bits per heavy atom. The second kappa shape index (κ2) is 5.73. The minimum absolute atomic E-state index is 0.0214. The molecular weight excluding hydrogens is 216 g/mol. The average Bonchev–Trinajstić information content (AvgIpc) is 2.16. The second-order valence-electron chi connectivity index (χ2n) is 3.34. The molecule has 0 aromatic heterocycles. The molecule has 4 heteroatoms. The Hall–Kier alpha value is -1.06. The topological polar surface area (TPSA) is 46.5 Å². The molecule has 1 aromatic carbocycles. The Kier molecular flexibility index (Phi) is 4.59. The van der Waals surface area contributed by atoms with Gasteiger partial charge in [0.1, 0.15) is 6.61 Å². The molecule has 0 amide bonds. The molecule has 3 nitrogen and oxygen atoms in total. The van der Waals surface area contributed by atoms with E-state index in [1.165, 1.54) is 0 Å². The fraction of sp³-hybridized carbons (Fsp3) is 0.364. The van der Waals surface area contributed by atoms with E-state index in [9.17, 15) is 4.79 Å². The molecule has 1 unspecified atom stereocenters. The van der Waals surface area contributed by atoms with Crippen LogP contribution in [-0.4, -0.2) is 17.2 Å². The highest BCUT2D eigenvalue weighted by atomic mass is 35.5. The van der Waals surface area contributed by atoms with Crippen molar-refractivity contribution in [3.8, 4) is 0 Å². The van der Waals surface area contributed by atoms with E-state index in [0.29, 0.717) is 5.02 Å². The molecule has 1 N–H and O–H groups in total. The first kappa shape index (κ1) is 12.0. The molecule has 0 aliphatic heterocycles. The third-order valence-electron chi connectivity index (χ3n) is 1.78. The number of ether oxygens (including phenoxy) is 1.